The van der Waals surface area contributed by atoms with Gasteiger partial charge in [0.1, 0.15) is 29.3 Å². The minimum atomic E-state index is -0.730. The number of hydrogen-bond donors (Lipinski definition) is 0. The maximum absolute atomic E-state index is 13.7. The molecule has 242 valence electrons. The highest BCUT2D eigenvalue weighted by Gasteiger charge is 2.37. The van der Waals surface area contributed by atoms with Crippen LogP contribution in [0.25, 0.3) is 5.65 Å². The number of benzene rings is 1. The molecule has 2 fully saturated rings. The summed E-state index contributed by atoms with van der Waals surface area (Å²) in [5, 5.41) is 4.79. The smallest absolute Gasteiger partial charge is 0.416 e. The monoisotopic (exact) mass is 640 g/mol. The maximum Gasteiger partial charge on any atom is 0.416 e. The predicted molar refractivity (Wildman–Crippen MR) is 168 cm³/mol. The van der Waals surface area contributed by atoms with Gasteiger partial charge in [-0.15, -0.1) is 0 Å². The van der Waals surface area contributed by atoms with Crippen molar-refractivity contribution in [1.82, 2.24) is 24.4 Å². The van der Waals surface area contributed by atoms with Crippen LogP contribution in [0.4, 0.5) is 20.2 Å². The first-order valence-corrected chi connectivity index (χ1v) is 15.7. The van der Waals surface area contributed by atoms with Gasteiger partial charge in [-0.1, -0.05) is 55.8 Å². The molecule has 2 aliphatic rings. The summed E-state index contributed by atoms with van der Waals surface area (Å²) >= 11 is 6.47. The highest BCUT2D eigenvalue weighted by molar-refractivity contribution is 6.29. The van der Waals surface area contributed by atoms with Gasteiger partial charge < -0.3 is 24.0 Å². The third kappa shape index (κ3) is 7.78. The lowest BCUT2D eigenvalue weighted by Crippen LogP contribution is -2.51. The largest absolute Gasteiger partial charge is 0.445 e. The minimum Gasteiger partial charge on any atom is -0.445 e. The van der Waals surface area contributed by atoms with Gasteiger partial charge in [0.05, 0.1) is 12.7 Å². The molecule has 0 radical (unpaired) electrons. The van der Waals surface area contributed by atoms with Gasteiger partial charge in [-0.3, -0.25) is 4.90 Å². The van der Waals surface area contributed by atoms with Crippen molar-refractivity contribution in [2.75, 3.05) is 31.1 Å². The van der Waals surface area contributed by atoms with E-state index >= 15 is 0 Å². The first kappa shape index (κ1) is 32.3. The van der Waals surface area contributed by atoms with E-state index < -0.39 is 30.0 Å². The molecule has 0 spiro atoms. The molecule has 0 aliphatic carbocycles. The molecule has 3 amide bonds. The molecular weight excluding hydrogens is 600 g/mol. The number of halogens is 1. The van der Waals surface area contributed by atoms with Gasteiger partial charge in [0.25, 0.3) is 0 Å². The summed E-state index contributed by atoms with van der Waals surface area (Å²) in [4.78, 5) is 48.6. The zero-order valence-electron chi connectivity index (χ0n) is 26.4. The Bertz CT molecular complexity index is 1520. The van der Waals surface area contributed by atoms with Gasteiger partial charge in [-0.05, 0) is 45.1 Å². The number of carbonyl (C=O) groups is 3. The second kappa shape index (κ2) is 13.5. The molecule has 12 nitrogen and oxygen atoms in total. The van der Waals surface area contributed by atoms with Gasteiger partial charge in [0, 0.05) is 43.7 Å². The third-order valence-electron chi connectivity index (χ3n) is 7.87. The molecule has 5 rings (SSSR count). The molecule has 13 heteroatoms. The van der Waals surface area contributed by atoms with Gasteiger partial charge in [-0.2, -0.15) is 9.61 Å². The Morgan fingerprint density at radius 3 is 2.38 bits per heavy atom. The van der Waals surface area contributed by atoms with E-state index in [0.29, 0.717) is 50.4 Å². The van der Waals surface area contributed by atoms with E-state index in [1.165, 1.54) is 0 Å². The number of ether oxygens (including phenoxy) is 3. The Morgan fingerprint density at radius 1 is 1.02 bits per heavy atom. The topological polar surface area (TPSA) is 119 Å². The lowest BCUT2D eigenvalue weighted by atomic mass is 10.0. The van der Waals surface area contributed by atoms with Crippen LogP contribution in [-0.4, -0.2) is 86.6 Å². The lowest BCUT2D eigenvalue weighted by molar-refractivity contribution is 0.0493. The van der Waals surface area contributed by atoms with E-state index in [2.05, 4.69) is 10.1 Å². The zero-order chi connectivity index (χ0) is 32.3. The molecule has 45 heavy (non-hydrogen) atoms. The van der Waals surface area contributed by atoms with Crippen LogP contribution in [0.1, 0.15) is 70.9 Å². The van der Waals surface area contributed by atoms with Crippen molar-refractivity contribution in [2.45, 2.75) is 84.2 Å². The standard InChI is InChI=1S/C32H41ClN6O6/c1-21(2)25-18-34-39-27(17-26(33)35-28(25)39)38(31(42)45-32(3,4)5)23-11-14-36(15-12-23)30(41)44-24-13-16-37(19-24)29(40)43-20-22-9-7-6-8-10-22/h6-10,17-18,21,23-24H,11-16,19-20H2,1-5H3. The molecule has 2 aliphatic heterocycles. The van der Waals surface area contributed by atoms with Gasteiger partial charge in [0.2, 0.25) is 0 Å². The van der Waals surface area contributed by atoms with Crippen LogP contribution in [0.15, 0.2) is 42.6 Å². The maximum atomic E-state index is 13.7. The number of piperidine rings is 1. The molecule has 1 aromatic carbocycles. The van der Waals surface area contributed by atoms with Crippen molar-refractivity contribution < 1.29 is 28.6 Å². The number of hydrogen-bond acceptors (Lipinski definition) is 8. The lowest BCUT2D eigenvalue weighted by Gasteiger charge is -2.38. The number of amides is 3. The fourth-order valence-electron chi connectivity index (χ4n) is 5.58. The third-order valence-corrected chi connectivity index (χ3v) is 8.07. The highest BCUT2D eigenvalue weighted by atomic mass is 35.5. The van der Waals surface area contributed by atoms with Crippen LogP contribution >= 0.6 is 11.6 Å². The average Bonchev–Trinajstić information content (AvgIpc) is 3.63. The Balaban J connectivity index is 1.22. The van der Waals surface area contributed by atoms with Crippen molar-refractivity contribution >= 4 is 41.3 Å². The molecule has 3 aromatic rings. The molecule has 0 saturated carbocycles. The molecule has 0 bridgehead atoms. The number of carbonyl (C=O) groups excluding carboxylic acids is 3. The van der Waals surface area contributed by atoms with Gasteiger partial charge in [0.15, 0.2) is 5.65 Å². The zero-order valence-corrected chi connectivity index (χ0v) is 27.2. The number of anilines is 1. The molecule has 2 saturated heterocycles. The SMILES string of the molecule is CC(C)c1cnn2c(N(C(=O)OC(C)(C)C)C3CCN(C(=O)OC4CCN(C(=O)OCc5ccccc5)C4)CC3)cc(Cl)nc12. The minimum absolute atomic E-state index is 0.150. The van der Waals surface area contributed by atoms with Crippen molar-refractivity contribution in [3.63, 3.8) is 0 Å². The fourth-order valence-corrected chi connectivity index (χ4v) is 5.76. The van der Waals surface area contributed by atoms with E-state index in [4.69, 9.17) is 25.8 Å². The number of rotatable bonds is 6. The summed E-state index contributed by atoms with van der Waals surface area (Å²) in [6.45, 7) is 11.2. The Labute approximate surface area is 268 Å². The summed E-state index contributed by atoms with van der Waals surface area (Å²) in [6, 6.07) is 10.8. The molecule has 2 aromatic heterocycles. The number of fused-ring (bicyclic) bond motifs is 1. The molecule has 1 unspecified atom stereocenters. The number of aromatic nitrogens is 3. The van der Waals surface area contributed by atoms with Crippen LogP contribution in [0.3, 0.4) is 0 Å². The molecule has 4 heterocycles. The van der Waals surface area contributed by atoms with E-state index in [0.717, 1.165) is 11.1 Å². The van der Waals surface area contributed by atoms with Crippen LogP contribution in [0, 0.1) is 0 Å². The van der Waals surface area contributed by atoms with Gasteiger partial charge >= 0.3 is 18.3 Å². The normalized spacial score (nSPS) is 17.5. The Morgan fingerprint density at radius 2 is 1.71 bits per heavy atom. The molecular formula is C32H41ClN6O6. The first-order valence-electron chi connectivity index (χ1n) is 15.4. The number of nitrogens with zero attached hydrogens (tertiary/aromatic N) is 6. The first-order chi connectivity index (χ1) is 21.4. The van der Waals surface area contributed by atoms with Crippen LogP contribution in [-0.2, 0) is 20.8 Å². The van der Waals surface area contributed by atoms with Crippen LogP contribution in [0.5, 0.6) is 0 Å². The quantitative estimate of drug-likeness (QED) is 0.229. The Kier molecular flexibility index (Phi) is 9.71. The number of likely N-dealkylation sites (tertiary alicyclic amines) is 2. The summed E-state index contributed by atoms with van der Waals surface area (Å²) < 4.78 is 18.7. The highest BCUT2D eigenvalue weighted by Crippen LogP contribution is 2.31. The van der Waals surface area contributed by atoms with Crippen molar-refractivity contribution in [3.8, 4) is 0 Å². The van der Waals surface area contributed by atoms with E-state index in [9.17, 15) is 14.4 Å². The Hall–Kier alpha value is -4.06. The predicted octanol–water partition coefficient (Wildman–Crippen LogP) is 6.26. The van der Waals surface area contributed by atoms with Crippen LogP contribution < -0.4 is 4.90 Å². The van der Waals surface area contributed by atoms with Crippen LogP contribution in [0.2, 0.25) is 5.15 Å². The summed E-state index contributed by atoms with van der Waals surface area (Å²) in [5.74, 6) is 0.606. The summed E-state index contributed by atoms with van der Waals surface area (Å²) in [6.07, 6.45) is 1.43. The van der Waals surface area contributed by atoms with Crippen molar-refractivity contribution in [1.29, 1.82) is 0 Å². The summed E-state index contributed by atoms with van der Waals surface area (Å²) in [5.41, 5.74) is 1.67. The second-order valence-electron chi connectivity index (χ2n) is 12.8. The van der Waals surface area contributed by atoms with Crippen molar-refractivity contribution in [2.24, 2.45) is 0 Å². The average molecular weight is 641 g/mol. The second-order valence-corrected chi connectivity index (χ2v) is 13.2. The molecule has 0 N–H and O–H groups in total. The summed E-state index contributed by atoms with van der Waals surface area (Å²) in [7, 11) is 0. The van der Waals surface area contributed by atoms with Crippen molar-refractivity contribution in [3.05, 3.63) is 58.9 Å². The van der Waals surface area contributed by atoms with Gasteiger partial charge in [-0.25, -0.2) is 19.4 Å². The molecule has 1 atom stereocenters. The van der Waals surface area contributed by atoms with E-state index in [1.54, 1.807) is 31.5 Å². The van der Waals surface area contributed by atoms with E-state index in [-0.39, 0.29) is 30.3 Å². The van der Waals surface area contributed by atoms with E-state index in [1.807, 2.05) is 65.0 Å². The fraction of sp³-hybridized carbons (Fsp3) is 0.531.